The van der Waals surface area contributed by atoms with Crippen LogP contribution in [-0.4, -0.2) is 17.8 Å². The first-order valence-electron chi connectivity index (χ1n) is 5.28. The van der Waals surface area contributed by atoms with Crippen molar-refractivity contribution in [2.45, 2.75) is 20.3 Å². The molecule has 0 aromatic rings. The minimum absolute atomic E-state index is 0.186. The van der Waals surface area contributed by atoms with Crippen molar-refractivity contribution < 1.29 is 14.4 Å². The maximum atomic E-state index is 12.0. The molecule has 4 amide bonds. The van der Waals surface area contributed by atoms with Gasteiger partial charge in [0, 0.05) is 0 Å². The van der Waals surface area contributed by atoms with E-state index < -0.39 is 29.2 Å². The lowest BCUT2D eigenvalue weighted by atomic mass is 9.69. The van der Waals surface area contributed by atoms with Gasteiger partial charge in [0.1, 0.15) is 5.41 Å². The molecule has 0 radical (unpaired) electrons. The van der Waals surface area contributed by atoms with E-state index in [1.807, 2.05) is 0 Å². The van der Waals surface area contributed by atoms with Gasteiger partial charge >= 0.3 is 6.03 Å². The molecule has 0 spiro atoms. The predicted octanol–water partition coefficient (Wildman–Crippen LogP) is 1.13. The van der Waals surface area contributed by atoms with Crippen LogP contribution in [0.3, 0.4) is 0 Å². The Balaban J connectivity index is 3.24. The molecule has 5 nitrogen and oxygen atoms in total. The van der Waals surface area contributed by atoms with E-state index in [4.69, 9.17) is 0 Å². The van der Waals surface area contributed by atoms with Gasteiger partial charge in [0.05, 0.1) is 0 Å². The van der Waals surface area contributed by atoms with Crippen molar-refractivity contribution in [2.24, 2.45) is 11.3 Å². The molecular weight excluding hydrogens is 220 g/mol. The van der Waals surface area contributed by atoms with Gasteiger partial charge in [0.2, 0.25) is 11.8 Å². The second-order valence-electron chi connectivity index (χ2n) is 4.37. The van der Waals surface area contributed by atoms with E-state index in [-0.39, 0.29) is 6.42 Å². The highest BCUT2D eigenvalue weighted by Gasteiger charge is 2.52. The van der Waals surface area contributed by atoms with Gasteiger partial charge in [-0.25, -0.2) is 4.79 Å². The van der Waals surface area contributed by atoms with Gasteiger partial charge in [0.25, 0.3) is 0 Å². The van der Waals surface area contributed by atoms with Gasteiger partial charge in [-0.15, -0.1) is 13.2 Å². The number of rotatable bonds is 4. The first kappa shape index (κ1) is 13.2. The number of carbonyl (C=O) groups excluding carboxylic acids is 3. The van der Waals surface area contributed by atoms with Crippen LogP contribution in [0.25, 0.3) is 0 Å². The van der Waals surface area contributed by atoms with Gasteiger partial charge in [0.15, 0.2) is 0 Å². The summed E-state index contributed by atoms with van der Waals surface area (Å²) in [7, 11) is 0. The van der Waals surface area contributed by atoms with E-state index in [1.54, 1.807) is 13.8 Å². The molecule has 92 valence electrons. The predicted molar refractivity (Wildman–Crippen MR) is 62.9 cm³/mol. The molecule has 1 rings (SSSR count). The summed E-state index contributed by atoms with van der Waals surface area (Å²) in [5, 5.41) is 4.24. The molecule has 5 heteroatoms. The van der Waals surface area contributed by atoms with Crippen LogP contribution in [0.4, 0.5) is 4.79 Å². The molecule has 1 fully saturated rings. The van der Waals surface area contributed by atoms with Crippen molar-refractivity contribution >= 4 is 17.8 Å². The van der Waals surface area contributed by atoms with E-state index in [0.717, 1.165) is 0 Å². The zero-order valence-electron chi connectivity index (χ0n) is 10.0. The quantitative estimate of drug-likeness (QED) is 0.567. The topological polar surface area (TPSA) is 75.3 Å². The summed E-state index contributed by atoms with van der Waals surface area (Å²) in [6.45, 7) is 10.8. The summed E-state index contributed by atoms with van der Waals surface area (Å²) < 4.78 is 0. The fraction of sp³-hybridized carbons (Fsp3) is 0.417. The van der Waals surface area contributed by atoms with Crippen LogP contribution in [0.2, 0.25) is 0 Å². The van der Waals surface area contributed by atoms with E-state index >= 15 is 0 Å². The van der Waals surface area contributed by atoms with E-state index in [0.29, 0.717) is 5.57 Å². The number of barbiturate groups is 1. The lowest BCUT2D eigenvalue weighted by Crippen LogP contribution is -2.64. The van der Waals surface area contributed by atoms with Crippen molar-refractivity contribution in [3.63, 3.8) is 0 Å². The fourth-order valence-electron chi connectivity index (χ4n) is 1.98. The van der Waals surface area contributed by atoms with Crippen LogP contribution in [-0.2, 0) is 9.59 Å². The number of allylic oxidation sites excluding steroid dienone is 2. The summed E-state index contributed by atoms with van der Waals surface area (Å²) in [6, 6.07) is -0.784. The number of urea groups is 1. The highest BCUT2D eigenvalue weighted by Crippen LogP contribution is 2.37. The van der Waals surface area contributed by atoms with Crippen LogP contribution in [0.1, 0.15) is 20.3 Å². The maximum Gasteiger partial charge on any atom is 0.328 e. The third-order valence-electron chi connectivity index (χ3n) is 2.98. The number of hydrogen-bond donors (Lipinski definition) is 2. The molecular formula is C12H16N2O3. The Labute approximate surface area is 100.0 Å². The van der Waals surface area contributed by atoms with Gasteiger partial charge in [-0.3, -0.25) is 20.2 Å². The normalized spacial score (nSPS) is 20.2. The highest BCUT2D eigenvalue weighted by molar-refractivity contribution is 6.19. The van der Waals surface area contributed by atoms with E-state index in [2.05, 4.69) is 23.8 Å². The van der Waals surface area contributed by atoms with Crippen LogP contribution in [0, 0.1) is 11.3 Å². The maximum absolute atomic E-state index is 12.0. The molecule has 1 unspecified atom stereocenters. The Kier molecular flexibility index (Phi) is 3.50. The molecule has 0 bridgehead atoms. The Morgan fingerprint density at radius 1 is 1.35 bits per heavy atom. The Hall–Kier alpha value is -1.91. The largest absolute Gasteiger partial charge is 0.328 e. The monoisotopic (exact) mass is 236 g/mol. The van der Waals surface area contributed by atoms with Gasteiger partial charge < -0.3 is 0 Å². The Bertz CT molecular complexity index is 392. The summed E-state index contributed by atoms with van der Waals surface area (Å²) in [5.74, 6) is -1.59. The van der Waals surface area contributed by atoms with Crippen LogP contribution in [0.15, 0.2) is 24.8 Å². The van der Waals surface area contributed by atoms with E-state index in [1.165, 1.54) is 6.08 Å². The molecule has 0 aliphatic carbocycles. The molecule has 2 N–H and O–H groups in total. The zero-order chi connectivity index (χ0) is 13.2. The van der Waals surface area contributed by atoms with Gasteiger partial charge in [-0.2, -0.15) is 0 Å². The molecule has 1 atom stereocenters. The molecule has 0 aromatic carbocycles. The minimum Gasteiger partial charge on any atom is -0.277 e. The standard InChI is InChI=1S/C12H16N2O3/c1-5-8(4)12(6-7(2)3)9(15)13-11(17)14-10(12)16/h5,8H,1-2,6H2,3-4H3,(H2,13,14,15,16,17). The zero-order valence-corrected chi connectivity index (χ0v) is 10.0. The Morgan fingerprint density at radius 3 is 2.18 bits per heavy atom. The SMILES string of the molecule is C=CC(C)C1(CC(=C)C)C(=O)NC(=O)NC1=O. The Morgan fingerprint density at radius 2 is 1.82 bits per heavy atom. The number of amides is 4. The molecule has 1 heterocycles. The second-order valence-corrected chi connectivity index (χ2v) is 4.37. The summed E-state index contributed by atoms with van der Waals surface area (Å²) in [6.07, 6.45) is 1.71. The van der Waals surface area contributed by atoms with Crippen molar-refractivity contribution in [3.05, 3.63) is 24.8 Å². The van der Waals surface area contributed by atoms with Gasteiger partial charge in [-0.05, 0) is 19.3 Å². The number of nitrogens with one attached hydrogen (secondary N) is 2. The van der Waals surface area contributed by atoms with E-state index in [9.17, 15) is 14.4 Å². The average Bonchev–Trinajstić information content (AvgIpc) is 2.22. The van der Waals surface area contributed by atoms with Crippen molar-refractivity contribution in [1.29, 1.82) is 0 Å². The average molecular weight is 236 g/mol. The minimum atomic E-state index is -1.33. The molecule has 1 aliphatic heterocycles. The van der Waals surface area contributed by atoms with Crippen molar-refractivity contribution in [2.75, 3.05) is 0 Å². The van der Waals surface area contributed by atoms with Crippen molar-refractivity contribution in [3.8, 4) is 0 Å². The summed E-state index contributed by atoms with van der Waals surface area (Å²) in [4.78, 5) is 35.0. The van der Waals surface area contributed by atoms with Crippen LogP contribution >= 0.6 is 0 Å². The van der Waals surface area contributed by atoms with Crippen LogP contribution < -0.4 is 10.6 Å². The lowest BCUT2D eigenvalue weighted by molar-refractivity contribution is -0.146. The molecule has 0 aromatic heterocycles. The van der Waals surface area contributed by atoms with Crippen LogP contribution in [0.5, 0.6) is 0 Å². The first-order chi connectivity index (χ1) is 7.84. The third-order valence-corrected chi connectivity index (χ3v) is 2.98. The molecule has 17 heavy (non-hydrogen) atoms. The van der Waals surface area contributed by atoms with Crippen molar-refractivity contribution in [1.82, 2.24) is 10.6 Å². The summed E-state index contributed by atoms with van der Waals surface area (Å²) >= 11 is 0. The molecule has 1 aliphatic rings. The highest BCUT2D eigenvalue weighted by atomic mass is 16.2. The lowest BCUT2D eigenvalue weighted by Gasteiger charge is -2.37. The third kappa shape index (κ3) is 2.13. The fourth-order valence-corrected chi connectivity index (χ4v) is 1.98. The number of carbonyl (C=O) groups is 3. The second kappa shape index (κ2) is 4.53. The van der Waals surface area contributed by atoms with Gasteiger partial charge in [-0.1, -0.05) is 18.6 Å². The molecule has 0 saturated carbocycles. The smallest absolute Gasteiger partial charge is 0.277 e. The number of hydrogen-bond acceptors (Lipinski definition) is 3. The first-order valence-corrected chi connectivity index (χ1v) is 5.28. The molecule has 1 saturated heterocycles. The summed E-state index contributed by atoms with van der Waals surface area (Å²) in [5.41, 5.74) is -0.639. The number of imide groups is 2.